The Kier molecular flexibility index (Phi) is 6.77. The third-order valence-corrected chi connectivity index (χ3v) is 6.21. The Morgan fingerprint density at radius 3 is 2.32 bits per heavy atom. The first kappa shape index (κ1) is 23.6. The lowest BCUT2D eigenvalue weighted by molar-refractivity contribution is -0.140. The topological polar surface area (TPSA) is 75.6 Å². The van der Waals surface area contributed by atoms with Crippen molar-refractivity contribution in [1.82, 2.24) is 5.32 Å². The average molecular weight is 471 g/mol. The number of carbonyl (C=O) groups excluding carboxylic acids is 1. The van der Waals surface area contributed by atoms with E-state index in [-0.39, 0.29) is 23.8 Å². The molecule has 0 saturated heterocycles. The van der Waals surface area contributed by atoms with E-state index in [9.17, 15) is 27.9 Å². The van der Waals surface area contributed by atoms with E-state index in [1.165, 1.54) is 12.1 Å². The SMILES string of the molecule is O=C(NC(C(=O)O)C1CCCC1)c1ccc2ccccc2c1OCc1ccc(C(F)(F)F)cc1. The zero-order chi connectivity index (χ0) is 24.3. The third kappa shape index (κ3) is 5.16. The zero-order valence-electron chi connectivity index (χ0n) is 18.3. The first-order chi connectivity index (χ1) is 16.2. The number of nitrogens with one attached hydrogen (secondary N) is 1. The number of benzene rings is 3. The molecule has 178 valence electrons. The second-order valence-electron chi connectivity index (χ2n) is 8.48. The van der Waals surface area contributed by atoms with Crippen LogP contribution in [0.4, 0.5) is 13.2 Å². The van der Waals surface area contributed by atoms with Gasteiger partial charge in [-0.3, -0.25) is 4.79 Å². The number of carboxylic acids is 1. The minimum atomic E-state index is -4.43. The molecular formula is C26H24F3NO4. The molecule has 1 aliphatic carbocycles. The molecule has 4 rings (SSSR count). The number of amides is 1. The van der Waals surface area contributed by atoms with Crippen molar-refractivity contribution in [2.45, 2.75) is 44.5 Å². The van der Waals surface area contributed by atoms with Crippen LogP contribution in [0.5, 0.6) is 5.75 Å². The molecule has 0 radical (unpaired) electrons. The Morgan fingerprint density at radius 1 is 1.00 bits per heavy atom. The van der Waals surface area contributed by atoms with E-state index in [0.717, 1.165) is 43.2 Å². The van der Waals surface area contributed by atoms with Gasteiger partial charge in [-0.1, -0.05) is 55.3 Å². The summed E-state index contributed by atoms with van der Waals surface area (Å²) in [7, 11) is 0. The van der Waals surface area contributed by atoms with Gasteiger partial charge in [0.25, 0.3) is 5.91 Å². The van der Waals surface area contributed by atoms with Crippen LogP contribution < -0.4 is 10.1 Å². The summed E-state index contributed by atoms with van der Waals surface area (Å²) in [5, 5.41) is 13.8. The summed E-state index contributed by atoms with van der Waals surface area (Å²) in [6.45, 7) is -0.0581. The highest BCUT2D eigenvalue weighted by molar-refractivity contribution is 6.04. The summed E-state index contributed by atoms with van der Waals surface area (Å²) >= 11 is 0. The minimum absolute atomic E-state index is 0.0581. The van der Waals surface area contributed by atoms with Gasteiger partial charge in [0.15, 0.2) is 0 Å². The number of ether oxygens (including phenoxy) is 1. The molecule has 3 aromatic carbocycles. The Labute approximate surface area is 194 Å². The third-order valence-electron chi connectivity index (χ3n) is 6.21. The molecule has 0 spiro atoms. The van der Waals surface area contributed by atoms with Crippen molar-refractivity contribution in [1.29, 1.82) is 0 Å². The van der Waals surface area contributed by atoms with Crippen LogP contribution in [0.25, 0.3) is 10.8 Å². The van der Waals surface area contributed by atoms with Crippen LogP contribution in [0.15, 0.2) is 60.7 Å². The normalized spacial score (nSPS) is 15.3. The summed E-state index contributed by atoms with van der Waals surface area (Å²) in [6, 6.07) is 14.2. The molecular weight excluding hydrogens is 447 g/mol. The fourth-order valence-electron chi connectivity index (χ4n) is 4.41. The number of fused-ring (bicyclic) bond motifs is 1. The molecule has 8 heteroatoms. The lowest BCUT2D eigenvalue weighted by atomic mass is 9.97. The Balaban J connectivity index is 1.61. The summed E-state index contributed by atoms with van der Waals surface area (Å²) in [5.41, 5.74) is -0.0791. The zero-order valence-corrected chi connectivity index (χ0v) is 18.3. The number of carbonyl (C=O) groups is 2. The Morgan fingerprint density at radius 2 is 1.68 bits per heavy atom. The molecule has 1 fully saturated rings. The molecule has 2 N–H and O–H groups in total. The second-order valence-corrected chi connectivity index (χ2v) is 8.48. The maximum absolute atomic E-state index is 13.2. The van der Waals surface area contributed by atoms with Gasteiger partial charge >= 0.3 is 12.1 Å². The van der Waals surface area contributed by atoms with Crippen LogP contribution in [-0.4, -0.2) is 23.0 Å². The minimum Gasteiger partial charge on any atom is -0.487 e. The van der Waals surface area contributed by atoms with Gasteiger partial charge in [-0.2, -0.15) is 13.2 Å². The Hall–Kier alpha value is -3.55. The molecule has 0 bridgehead atoms. The lowest BCUT2D eigenvalue weighted by Gasteiger charge is -2.22. The number of hydrogen-bond acceptors (Lipinski definition) is 3. The van der Waals surface area contributed by atoms with Crippen molar-refractivity contribution in [2.75, 3.05) is 0 Å². The summed E-state index contributed by atoms with van der Waals surface area (Å²) in [5.74, 6) is -1.51. The monoisotopic (exact) mass is 471 g/mol. The first-order valence-corrected chi connectivity index (χ1v) is 11.1. The van der Waals surface area contributed by atoms with Gasteiger partial charge in [0.2, 0.25) is 0 Å². The molecule has 0 heterocycles. The predicted molar refractivity (Wildman–Crippen MR) is 121 cm³/mol. The molecule has 3 aromatic rings. The molecule has 1 atom stereocenters. The van der Waals surface area contributed by atoms with Gasteiger partial charge < -0.3 is 15.2 Å². The van der Waals surface area contributed by atoms with Crippen LogP contribution in [0, 0.1) is 5.92 Å². The van der Waals surface area contributed by atoms with Gasteiger partial charge in [0.1, 0.15) is 18.4 Å². The second kappa shape index (κ2) is 9.75. The number of aliphatic carboxylic acids is 1. The standard InChI is InChI=1S/C26H24F3NO4/c27-26(28,29)19-12-9-16(10-13-19)15-34-23-20-8-4-3-5-17(20)11-14-21(23)24(31)30-22(25(32)33)18-6-1-2-7-18/h3-5,8-14,18,22H,1-2,6-7,15H2,(H,30,31)(H,32,33). The van der Waals surface area contributed by atoms with Crippen LogP contribution in [0.3, 0.4) is 0 Å². The molecule has 0 aliphatic heterocycles. The van der Waals surface area contributed by atoms with Crippen LogP contribution in [-0.2, 0) is 17.6 Å². The molecule has 1 saturated carbocycles. The lowest BCUT2D eigenvalue weighted by Crippen LogP contribution is -2.45. The fourth-order valence-corrected chi connectivity index (χ4v) is 4.41. The highest BCUT2D eigenvalue weighted by Crippen LogP contribution is 2.33. The van der Waals surface area contributed by atoms with Crippen molar-refractivity contribution >= 4 is 22.6 Å². The van der Waals surface area contributed by atoms with E-state index >= 15 is 0 Å². The molecule has 34 heavy (non-hydrogen) atoms. The van der Waals surface area contributed by atoms with Gasteiger partial charge in [0.05, 0.1) is 11.1 Å². The number of carboxylic acid groups (broad SMARTS) is 1. The summed E-state index contributed by atoms with van der Waals surface area (Å²) < 4.78 is 44.5. The first-order valence-electron chi connectivity index (χ1n) is 11.1. The maximum atomic E-state index is 13.2. The molecule has 1 amide bonds. The van der Waals surface area contributed by atoms with Gasteiger partial charge in [0, 0.05) is 5.39 Å². The number of rotatable bonds is 7. The average Bonchev–Trinajstić information content (AvgIpc) is 3.34. The van der Waals surface area contributed by atoms with Crippen molar-refractivity contribution in [3.8, 4) is 5.75 Å². The smallest absolute Gasteiger partial charge is 0.416 e. The molecule has 1 aliphatic rings. The van der Waals surface area contributed by atoms with E-state index in [1.54, 1.807) is 24.3 Å². The number of hydrogen-bond donors (Lipinski definition) is 2. The highest BCUT2D eigenvalue weighted by Gasteiger charge is 2.33. The number of halogens is 3. The van der Waals surface area contributed by atoms with Gasteiger partial charge in [-0.05, 0) is 47.9 Å². The van der Waals surface area contributed by atoms with E-state index in [4.69, 9.17) is 4.74 Å². The van der Waals surface area contributed by atoms with Gasteiger partial charge in [-0.25, -0.2) is 4.79 Å². The van der Waals surface area contributed by atoms with Gasteiger partial charge in [-0.15, -0.1) is 0 Å². The maximum Gasteiger partial charge on any atom is 0.416 e. The van der Waals surface area contributed by atoms with Crippen LogP contribution >= 0.6 is 0 Å². The largest absolute Gasteiger partial charge is 0.487 e. The van der Waals surface area contributed by atoms with Crippen molar-refractivity contribution < 1.29 is 32.6 Å². The molecule has 1 unspecified atom stereocenters. The van der Waals surface area contributed by atoms with Crippen molar-refractivity contribution in [3.05, 3.63) is 77.4 Å². The van der Waals surface area contributed by atoms with Crippen LogP contribution in [0.1, 0.15) is 47.2 Å². The fraction of sp³-hybridized carbons (Fsp3) is 0.308. The Bertz CT molecular complexity index is 1180. The summed E-state index contributed by atoms with van der Waals surface area (Å²) in [6.07, 6.45) is -1.08. The molecule has 0 aromatic heterocycles. The highest BCUT2D eigenvalue weighted by atomic mass is 19.4. The van der Waals surface area contributed by atoms with Crippen molar-refractivity contribution in [2.24, 2.45) is 5.92 Å². The van der Waals surface area contributed by atoms with E-state index in [0.29, 0.717) is 10.9 Å². The summed E-state index contributed by atoms with van der Waals surface area (Å²) in [4.78, 5) is 25.0. The van der Waals surface area contributed by atoms with E-state index < -0.39 is 29.7 Å². The van der Waals surface area contributed by atoms with E-state index in [1.807, 2.05) is 12.1 Å². The van der Waals surface area contributed by atoms with Crippen molar-refractivity contribution in [3.63, 3.8) is 0 Å². The van der Waals surface area contributed by atoms with E-state index in [2.05, 4.69) is 5.32 Å². The molecule has 5 nitrogen and oxygen atoms in total. The predicted octanol–water partition coefficient (Wildman–Crippen LogP) is 5.81. The van der Waals surface area contributed by atoms with Crippen LogP contribution in [0.2, 0.25) is 0 Å². The quantitative estimate of drug-likeness (QED) is 0.456. The number of alkyl halides is 3.